The highest BCUT2D eigenvalue weighted by Crippen LogP contribution is 2.36. The van der Waals surface area contributed by atoms with Crippen LogP contribution in [-0.2, 0) is 19.4 Å². The molecule has 13 heteroatoms. The van der Waals surface area contributed by atoms with Crippen LogP contribution in [0.1, 0.15) is 29.4 Å². The number of carbonyl (C=O) groups is 2. The number of thiazole rings is 1. The summed E-state index contributed by atoms with van der Waals surface area (Å²) in [7, 11) is -3.17. The van der Waals surface area contributed by atoms with Gasteiger partial charge in [0, 0.05) is 29.7 Å². The maximum atomic E-state index is 12.5. The van der Waals surface area contributed by atoms with Crippen molar-refractivity contribution in [3.05, 3.63) is 45.0 Å². The number of sulfone groups is 1. The van der Waals surface area contributed by atoms with E-state index in [0.717, 1.165) is 23.5 Å². The fourth-order valence-corrected chi connectivity index (χ4v) is 6.91. The van der Waals surface area contributed by atoms with Crippen molar-refractivity contribution in [2.45, 2.75) is 35.5 Å². The summed E-state index contributed by atoms with van der Waals surface area (Å²) >= 11 is 2.49. The lowest BCUT2D eigenvalue weighted by Gasteiger charge is -2.26. The van der Waals surface area contributed by atoms with Gasteiger partial charge in [-0.1, -0.05) is 11.8 Å². The van der Waals surface area contributed by atoms with Gasteiger partial charge in [-0.15, -0.1) is 11.3 Å². The molecule has 32 heavy (non-hydrogen) atoms. The Bertz CT molecular complexity index is 1150. The first-order chi connectivity index (χ1) is 15.1. The molecule has 1 atom stereocenters. The number of nitro groups is 1. The Morgan fingerprint density at radius 3 is 2.72 bits per heavy atom. The Kier molecular flexibility index (Phi) is 7.51. The Balaban J connectivity index is 1.67. The van der Waals surface area contributed by atoms with Crippen LogP contribution in [0.5, 0.6) is 0 Å². The number of ether oxygens (including phenoxy) is 1. The number of amides is 1. The summed E-state index contributed by atoms with van der Waals surface area (Å²) in [5.41, 5.74) is 0.479. The fourth-order valence-electron chi connectivity index (χ4n) is 3.30. The minimum Gasteiger partial charge on any atom is -0.452 e. The number of hydrogen-bond donors (Lipinski definition) is 0. The van der Waals surface area contributed by atoms with E-state index in [9.17, 15) is 28.1 Å². The van der Waals surface area contributed by atoms with E-state index < -0.39 is 39.3 Å². The number of nitro benzene ring substituents is 1. The molecular formula is C19H21N3O7S3. The standard InChI is InChI=1S/C19H21N3O7S3/c1-3-21(14-6-7-32(27,28)11-14)17(23)9-29-18(24)13-4-5-16(15(8-13)22(25)26)31-19-20-12(2)10-30-19/h4-5,8,10,14H,3,6-7,9,11H2,1-2H3. The van der Waals surface area contributed by atoms with Gasteiger partial charge >= 0.3 is 5.97 Å². The molecule has 0 saturated carbocycles. The van der Waals surface area contributed by atoms with Crippen LogP contribution in [0.2, 0.25) is 0 Å². The Hall–Kier alpha value is -2.51. The molecule has 10 nitrogen and oxygen atoms in total. The van der Waals surface area contributed by atoms with Gasteiger partial charge in [-0.3, -0.25) is 14.9 Å². The summed E-state index contributed by atoms with van der Waals surface area (Å²) in [4.78, 5) is 41.8. The number of carbonyl (C=O) groups excluding carboxylic acids is 2. The van der Waals surface area contributed by atoms with E-state index in [1.807, 2.05) is 12.3 Å². The summed E-state index contributed by atoms with van der Waals surface area (Å²) in [5.74, 6) is -1.47. The zero-order valence-corrected chi connectivity index (χ0v) is 19.8. The third kappa shape index (κ3) is 5.84. The number of likely N-dealkylation sites (N-methyl/N-ethyl adjacent to an activating group) is 1. The molecule has 1 aromatic heterocycles. The lowest BCUT2D eigenvalue weighted by atomic mass is 10.2. The van der Waals surface area contributed by atoms with Crippen LogP contribution in [0, 0.1) is 17.0 Å². The van der Waals surface area contributed by atoms with Crippen LogP contribution in [0.15, 0.2) is 32.8 Å². The molecule has 2 heterocycles. The summed E-state index contributed by atoms with van der Waals surface area (Å²) in [5, 5.41) is 13.3. The quantitative estimate of drug-likeness (QED) is 0.305. The Labute approximate surface area is 193 Å². The second-order valence-electron chi connectivity index (χ2n) is 7.11. The van der Waals surface area contributed by atoms with Crippen molar-refractivity contribution in [2.24, 2.45) is 0 Å². The van der Waals surface area contributed by atoms with Gasteiger partial charge in [0.05, 0.1) is 26.9 Å². The van der Waals surface area contributed by atoms with Crippen LogP contribution in [0.3, 0.4) is 0 Å². The van der Waals surface area contributed by atoms with E-state index in [1.165, 1.54) is 28.4 Å². The van der Waals surface area contributed by atoms with Crippen LogP contribution in [0.4, 0.5) is 5.69 Å². The molecule has 0 N–H and O–H groups in total. The predicted molar refractivity (Wildman–Crippen MR) is 119 cm³/mol. The summed E-state index contributed by atoms with van der Waals surface area (Å²) < 4.78 is 29.1. The van der Waals surface area contributed by atoms with Crippen molar-refractivity contribution in [1.82, 2.24) is 9.88 Å². The van der Waals surface area contributed by atoms with Gasteiger partial charge in [0.1, 0.15) is 0 Å². The number of rotatable bonds is 8. The number of hydrogen-bond acceptors (Lipinski definition) is 10. The second-order valence-corrected chi connectivity index (χ2v) is 11.5. The van der Waals surface area contributed by atoms with Crippen molar-refractivity contribution in [3.63, 3.8) is 0 Å². The average molecular weight is 500 g/mol. The average Bonchev–Trinajstić information content (AvgIpc) is 3.31. The SMILES string of the molecule is CCN(C(=O)COC(=O)c1ccc(Sc2nc(C)cs2)c([N+](=O)[O-])c1)C1CCS(=O)(=O)C1. The normalized spacial score (nSPS) is 17.1. The molecule has 172 valence electrons. The first kappa shape index (κ1) is 24.1. The largest absolute Gasteiger partial charge is 0.452 e. The monoisotopic (exact) mass is 499 g/mol. The van der Waals surface area contributed by atoms with Gasteiger partial charge in [0.25, 0.3) is 11.6 Å². The van der Waals surface area contributed by atoms with Crippen LogP contribution in [-0.4, -0.2) is 65.8 Å². The third-order valence-electron chi connectivity index (χ3n) is 4.82. The van der Waals surface area contributed by atoms with Crippen LogP contribution in [0.25, 0.3) is 0 Å². The topological polar surface area (TPSA) is 137 Å². The van der Waals surface area contributed by atoms with Gasteiger partial charge in [0.15, 0.2) is 20.8 Å². The lowest BCUT2D eigenvalue weighted by molar-refractivity contribution is -0.387. The van der Waals surface area contributed by atoms with Gasteiger partial charge in [-0.2, -0.15) is 0 Å². The van der Waals surface area contributed by atoms with Crippen molar-refractivity contribution >= 4 is 50.5 Å². The summed E-state index contributed by atoms with van der Waals surface area (Å²) in [6, 6.07) is 3.50. The Morgan fingerprint density at radius 1 is 1.41 bits per heavy atom. The molecule has 0 aliphatic carbocycles. The van der Waals surface area contributed by atoms with E-state index in [0.29, 0.717) is 15.7 Å². The fraction of sp³-hybridized carbons (Fsp3) is 0.421. The molecular weight excluding hydrogens is 478 g/mol. The van der Waals surface area contributed by atoms with Gasteiger partial charge < -0.3 is 9.64 Å². The predicted octanol–water partition coefficient (Wildman–Crippen LogP) is 2.70. The highest BCUT2D eigenvalue weighted by molar-refractivity contribution is 8.01. The Morgan fingerprint density at radius 2 is 2.16 bits per heavy atom. The summed E-state index contributed by atoms with van der Waals surface area (Å²) in [6.45, 7) is 3.24. The zero-order valence-electron chi connectivity index (χ0n) is 17.3. The van der Waals surface area contributed by atoms with Crippen LogP contribution < -0.4 is 0 Å². The van der Waals surface area contributed by atoms with Crippen molar-refractivity contribution in [3.8, 4) is 0 Å². The first-order valence-electron chi connectivity index (χ1n) is 9.65. The third-order valence-corrected chi connectivity index (χ3v) is 8.70. The number of aromatic nitrogens is 1. The van der Waals surface area contributed by atoms with Crippen molar-refractivity contribution < 1.29 is 27.7 Å². The van der Waals surface area contributed by atoms with E-state index in [1.54, 1.807) is 6.92 Å². The molecule has 1 saturated heterocycles. The number of esters is 1. The number of benzene rings is 1. The van der Waals surface area contributed by atoms with Gasteiger partial charge in [-0.05, 0) is 32.4 Å². The van der Waals surface area contributed by atoms with E-state index in [4.69, 9.17) is 4.74 Å². The molecule has 2 aromatic rings. The van der Waals surface area contributed by atoms with E-state index >= 15 is 0 Å². The number of aryl methyl sites for hydroxylation is 1. The molecule has 0 radical (unpaired) electrons. The highest BCUT2D eigenvalue weighted by Gasteiger charge is 2.34. The van der Waals surface area contributed by atoms with Gasteiger partial charge in [0.2, 0.25) is 0 Å². The van der Waals surface area contributed by atoms with Crippen LogP contribution >= 0.6 is 23.1 Å². The lowest BCUT2D eigenvalue weighted by Crippen LogP contribution is -2.43. The molecule has 1 fully saturated rings. The van der Waals surface area contributed by atoms with E-state index in [2.05, 4.69) is 4.98 Å². The molecule has 1 aromatic carbocycles. The first-order valence-corrected chi connectivity index (χ1v) is 13.2. The minimum atomic E-state index is -3.17. The number of nitrogens with zero attached hydrogens (tertiary/aromatic N) is 3. The summed E-state index contributed by atoms with van der Waals surface area (Å²) in [6.07, 6.45) is 0.347. The second kappa shape index (κ2) is 9.96. The van der Waals surface area contributed by atoms with Gasteiger partial charge in [-0.25, -0.2) is 18.2 Å². The smallest absolute Gasteiger partial charge is 0.338 e. The molecule has 1 amide bonds. The maximum Gasteiger partial charge on any atom is 0.338 e. The molecule has 1 aliphatic heterocycles. The molecule has 0 bridgehead atoms. The molecule has 1 unspecified atom stereocenters. The maximum absolute atomic E-state index is 12.5. The van der Waals surface area contributed by atoms with Crippen molar-refractivity contribution in [2.75, 3.05) is 24.7 Å². The molecule has 0 spiro atoms. The molecule has 1 aliphatic rings. The van der Waals surface area contributed by atoms with E-state index in [-0.39, 0.29) is 29.3 Å². The highest BCUT2D eigenvalue weighted by atomic mass is 32.2. The minimum absolute atomic E-state index is 0.0236. The molecule has 3 rings (SSSR count). The van der Waals surface area contributed by atoms with Crippen molar-refractivity contribution in [1.29, 1.82) is 0 Å². The zero-order chi connectivity index (χ0) is 23.5.